The van der Waals surface area contributed by atoms with E-state index in [0.29, 0.717) is 6.10 Å². The highest BCUT2D eigenvalue weighted by Gasteiger charge is 2.37. The Morgan fingerprint density at radius 1 is 1.67 bits per heavy atom. The van der Waals surface area contributed by atoms with E-state index in [1.54, 1.807) is 0 Å². The maximum Gasteiger partial charge on any atom is 0.0614 e. The van der Waals surface area contributed by atoms with Crippen LogP contribution in [0.2, 0.25) is 0 Å². The minimum Gasteiger partial charge on any atom is -0.394 e. The zero-order valence-corrected chi connectivity index (χ0v) is 7.97. The third-order valence-corrected chi connectivity index (χ3v) is 2.80. The van der Waals surface area contributed by atoms with Crippen LogP contribution in [0.3, 0.4) is 0 Å². The third kappa shape index (κ3) is 1.97. The van der Waals surface area contributed by atoms with Gasteiger partial charge in [-0.05, 0) is 33.2 Å². The minimum absolute atomic E-state index is 0.0696. The first-order valence-corrected chi connectivity index (χ1v) is 4.67. The Kier molecular flexibility index (Phi) is 3.50. The number of hydrogen-bond acceptors (Lipinski definition) is 3. The van der Waals surface area contributed by atoms with Crippen molar-refractivity contribution in [1.82, 2.24) is 5.32 Å². The van der Waals surface area contributed by atoms with Crippen LogP contribution in [0.25, 0.3) is 0 Å². The van der Waals surface area contributed by atoms with Gasteiger partial charge in [-0.3, -0.25) is 0 Å². The third-order valence-electron chi connectivity index (χ3n) is 2.80. The second-order valence-electron chi connectivity index (χ2n) is 3.51. The molecule has 1 aliphatic carbocycles. The van der Waals surface area contributed by atoms with Gasteiger partial charge in [0.05, 0.1) is 12.7 Å². The maximum absolute atomic E-state index is 9.18. The van der Waals surface area contributed by atoms with Crippen molar-refractivity contribution in [1.29, 1.82) is 0 Å². The molecule has 0 radical (unpaired) electrons. The van der Waals surface area contributed by atoms with Crippen molar-refractivity contribution in [3.8, 4) is 0 Å². The van der Waals surface area contributed by atoms with Crippen molar-refractivity contribution in [2.24, 2.45) is 0 Å². The molecule has 0 aliphatic heterocycles. The lowest BCUT2D eigenvalue weighted by Crippen LogP contribution is -2.44. The molecule has 2 atom stereocenters. The number of hydrogen-bond donors (Lipinski definition) is 2. The van der Waals surface area contributed by atoms with E-state index in [0.717, 1.165) is 25.9 Å². The van der Waals surface area contributed by atoms with E-state index in [-0.39, 0.29) is 12.1 Å². The summed E-state index contributed by atoms with van der Waals surface area (Å²) in [6, 6.07) is 0. The molecule has 3 nitrogen and oxygen atoms in total. The van der Waals surface area contributed by atoms with Gasteiger partial charge in [0.1, 0.15) is 0 Å². The Morgan fingerprint density at radius 2 is 2.42 bits per heavy atom. The molecule has 0 spiro atoms. The molecule has 0 aromatic carbocycles. The molecule has 1 fully saturated rings. The highest BCUT2D eigenvalue weighted by atomic mass is 16.5. The molecule has 0 bridgehead atoms. The lowest BCUT2D eigenvalue weighted by atomic mass is 9.99. The Hall–Kier alpha value is -0.120. The topological polar surface area (TPSA) is 41.5 Å². The highest BCUT2D eigenvalue weighted by molar-refractivity contribution is 4.95. The predicted octanol–water partition coefficient (Wildman–Crippen LogP) is 0.526. The zero-order valence-electron chi connectivity index (χ0n) is 7.97. The summed E-state index contributed by atoms with van der Waals surface area (Å²) >= 11 is 0. The van der Waals surface area contributed by atoms with Crippen molar-refractivity contribution in [3.05, 3.63) is 0 Å². The Bertz CT molecular complexity index is 134. The molecule has 0 saturated heterocycles. The maximum atomic E-state index is 9.18. The molecular formula is C9H19NO2. The van der Waals surface area contributed by atoms with Gasteiger partial charge in [-0.1, -0.05) is 0 Å². The number of aliphatic hydroxyl groups is 1. The van der Waals surface area contributed by atoms with Crippen molar-refractivity contribution < 1.29 is 9.84 Å². The number of nitrogens with one attached hydrogen (secondary N) is 1. The van der Waals surface area contributed by atoms with Crippen LogP contribution in [-0.4, -0.2) is 37.0 Å². The average molecular weight is 173 g/mol. The second-order valence-corrected chi connectivity index (χ2v) is 3.51. The van der Waals surface area contributed by atoms with E-state index in [4.69, 9.17) is 4.74 Å². The SMILES string of the molecule is CCOC1CCC(CO)(NC)C1. The van der Waals surface area contributed by atoms with Crippen LogP contribution >= 0.6 is 0 Å². The molecule has 2 unspecified atom stereocenters. The van der Waals surface area contributed by atoms with Crippen molar-refractivity contribution >= 4 is 0 Å². The van der Waals surface area contributed by atoms with Crippen LogP contribution in [0.1, 0.15) is 26.2 Å². The fourth-order valence-electron chi connectivity index (χ4n) is 1.90. The molecule has 1 saturated carbocycles. The van der Waals surface area contributed by atoms with Gasteiger partial charge in [0.2, 0.25) is 0 Å². The van der Waals surface area contributed by atoms with Crippen molar-refractivity contribution in [3.63, 3.8) is 0 Å². The van der Waals surface area contributed by atoms with Gasteiger partial charge in [0.25, 0.3) is 0 Å². The van der Waals surface area contributed by atoms with Gasteiger partial charge in [-0.2, -0.15) is 0 Å². The van der Waals surface area contributed by atoms with E-state index in [2.05, 4.69) is 5.32 Å². The monoisotopic (exact) mass is 173 g/mol. The predicted molar refractivity (Wildman–Crippen MR) is 48.1 cm³/mol. The summed E-state index contributed by atoms with van der Waals surface area (Å²) in [5, 5.41) is 12.4. The van der Waals surface area contributed by atoms with Crippen LogP contribution < -0.4 is 5.32 Å². The van der Waals surface area contributed by atoms with E-state index in [1.165, 1.54) is 0 Å². The van der Waals surface area contributed by atoms with Gasteiger partial charge in [-0.15, -0.1) is 0 Å². The first-order valence-electron chi connectivity index (χ1n) is 4.67. The number of ether oxygens (including phenoxy) is 1. The summed E-state index contributed by atoms with van der Waals surface area (Å²) in [7, 11) is 1.91. The van der Waals surface area contributed by atoms with Crippen LogP contribution in [0.5, 0.6) is 0 Å². The lowest BCUT2D eigenvalue weighted by Gasteiger charge is -2.26. The van der Waals surface area contributed by atoms with Crippen LogP contribution in [-0.2, 0) is 4.74 Å². The van der Waals surface area contributed by atoms with Crippen LogP contribution in [0.15, 0.2) is 0 Å². The van der Waals surface area contributed by atoms with Gasteiger partial charge in [0.15, 0.2) is 0 Å². The number of likely N-dealkylation sites (N-methyl/N-ethyl adjacent to an activating group) is 1. The highest BCUT2D eigenvalue weighted by Crippen LogP contribution is 2.31. The first-order chi connectivity index (χ1) is 5.76. The van der Waals surface area contributed by atoms with Gasteiger partial charge < -0.3 is 15.2 Å². The minimum atomic E-state index is -0.0696. The molecular weight excluding hydrogens is 154 g/mol. The van der Waals surface area contributed by atoms with Gasteiger partial charge in [0, 0.05) is 12.1 Å². The van der Waals surface area contributed by atoms with Crippen LogP contribution in [0, 0.1) is 0 Å². The fraction of sp³-hybridized carbons (Fsp3) is 1.00. The molecule has 0 aromatic rings. The number of aliphatic hydroxyl groups excluding tert-OH is 1. The molecule has 12 heavy (non-hydrogen) atoms. The summed E-state index contributed by atoms with van der Waals surface area (Å²) in [6.07, 6.45) is 3.36. The molecule has 0 aromatic heterocycles. The fourth-order valence-corrected chi connectivity index (χ4v) is 1.90. The Morgan fingerprint density at radius 3 is 2.83 bits per heavy atom. The van der Waals surface area contributed by atoms with E-state index >= 15 is 0 Å². The molecule has 3 heteroatoms. The van der Waals surface area contributed by atoms with Crippen molar-refractivity contribution in [2.75, 3.05) is 20.3 Å². The molecule has 1 aliphatic rings. The van der Waals surface area contributed by atoms with Crippen molar-refractivity contribution in [2.45, 2.75) is 37.8 Å². The lowest BCUT2D eigenvalue weighted by molar-refractivity contribution is 0.0564. The molecule has 2 N–H and O–H groups in total. The molecule has 72 valence electrons. The van der Waals surface area contributed by atoms with Gasteiger partial charge in [-0.25, -0.2) is 0 Å². The van der Waals surface area contributed by atoms with Gasteiger partial charge >= 0.3 is 0 Å². The summed E-state index contributed by atoms with van der Waals surface area (Å²) in [4.78, 5) is 0. The standard InChI is InChI=1S/C9H19NO2/c1-3-12-8-4-5-9(6-8,7-11)10-2/h8,10-11H,3-7H2,1-2H3. The summed E-state index contributed by atoms with van der Waals surface area (Å²) in [6.45, 7) is 3.00. The van der Waals surface area contributed by atoms with E-state index < -0.39 is 0 Å². The largest absolute Gasteiger partial charge is 0.394 e. The smallest absolute Gasteiger partial charge is 0.0614 e. The Labute approximate surface area is 74.1 Å². The Balaban J connectivity index is 2.41. The number of rotatable bonds is 4. The van der Waals surface area contributed by atoms with Crippen LogP contribution in [0.4, 0.5) is 0 Å². The zero-order chi connectivity index (χ0) is 9.03. The quantitative estimate of drug-likeness (QED) is 0.651. The molecule has 0 amide bonds. The molecule has 1 rings (SSSR count). The summed E-state index contributed by atoms with van der Waals surface area (Å²) < 4.78 is 5.51. The molecule has 0 heterocycles. The average Bonchev–Trinajstić information content (AvgIpc) is 2.50. The van der Waals surface area contributed by atoms with E-state index in [1.807, 2.05) is 14.0 Å². The summed E-state index contributed by atoms with van der Waals surface area (Å²) in [5.41, 5.74) is -0.0696. The summed E-state index contributed by atoms with van der Waals surface area (Å²) in [5.74, 6) is 0. The normalized spacial score (nSPS) is 35.8. The second kappa shape index (κ2) is 4.21. The van der Waals surface area contributed by atoms with E-state index in [9.17, 15) is 5.11 Å². The first kappa shape index (κ1) is 9.96.